The number of allylic oxidation sites excluding steroid dienone is 2. The molecule has 3 aliphatic carbocycles. The minimum Gasteiger partial charge on any atom is -0.295 e. The normalized spacial score (nSPS) is 42.8. The number of ketones is 1. The van der Waals surface area contributed by atoms with E-state index in [1.807, 2.05) is 0 Å². The highest BCUT2D eigenvalue weighted by Crippen LogP contribution is 2.62. The summed E-state index contributed by atoms with van der Waals surface area (Å²) in [6, 6.07) is 0. The SMILES string of the molecule is CC1=C2C(=O)CC[C@]23CCC[C@@H]3C1. The second-order valence-corrected chi connectivity index (χ2v) is 5.03. The van der Waals surface area contributed by atoms with Crippen LogP contribution in [-0.4, -0.2) is 5.78 Å². The highest BCUT2D eigenvalue weighted by molar-refractivity contribution is 6.00. The second kappa shape index (κ2) is 2.26. The fraction of sp³-hybridized carbons (Fsp3) is 0.750. The molecule has 0 unspecified atom stereocenters. The molecule has 0 aliphatic heterocycles. The zero-order valence-corrected chi connectivity index (χ0v) is 8.23. The highest BCUT2D eigenvalue weighted by Gasteiger charge is 2.55. The molecule has 0 aromatic heterocycles. The van der Waals surface area contributed by atoms with E-state index in [1.54, 1.807) is 0 Å². The number of carbonyl (C=O) groups excluding carboxylic acids is 1. The highest BCUT2D eigenvalue weighted by atomic mass is 16.1. The van der Waals surface area contributed by atoms with Crippen LogP contribution in [0, 0.1) is 11.3 Å². The Labute approximate surface area is 79.2 Å². The molecule has 0 heterocycles. The molecule has 13 heavy (non-hydrogen) atoms. The lowest BCUT2D eigenvalue weighted by Crippen LogP contribution is -2.19. The van der Waals surface area contributed by atoms with Crippen molar-refractivity contribution in [1.29, 1.82) is 0 Å². The van der Waals surface area contributed by atoms with Gasteiger partial charge in [-0.3, -0.25) is 4.79 Å². The maximum atomic E-state index is 11.7. The number of hydrogen-bond acceptors (Lipinski definition) is 1. The lowest BCUT2D eigenvalue weighted by molar-refractivity contribution is -0.114. The van der Waals surface area contributed by atoms with Crippen molar-refractivity contribution in [2.75, 3.05) is 0 Å². The Hall–Kier alpha value is -0.590. The molecule has 0 aromatic carbocycles. The van der Waals surface area contributed by atoms with Gasteiger partial charge in [0, 0.05) is 17.4 Å². The van der Waals surface area contributed by atoms with Crippen LogP contribution < -0.4 is 0 Å². The third kappa shape index (κ3) is 0.762. The van der Waals surface area contributed by atoms with Crippen LogP contribution in [0.2, 0.25) is 0 Å². The molecule has 1 heteroatoms. The Balaban J connectivity index is 2.14. The quantitative estimate of drug-likeness (QED) is 0.554. The van der Waals surface area contributed by atoms with E-state index in [2.05, 4.69) is 6.92 Å². The van der Waals surface area contributed by atoms with Crippen molar-refractivity contribution in [3.8, 4) is 0 Å². The van der Waals surface area contributed by atoms with E-state index in [9.17, 15) is 4.79 Å². The average molecular weight is 176 g/mol. The van der Waals surface area contributed by atoms with Crippen LogP contribution in [0.15, 0.2) is 11.1 Å². The summed E-state index contributed by atoms with van der Waals surface area (Å²) in [4.78, 5) is 11.7. The van der Waals surface area contributed by atoms with Crippen LogP contribution in [-0.2, 0) is 4.79 Å². The number of hydrogen-bond donors (Lipinski definition) is 0. The molecule has 1 spiro atoms. The Morgan fingerprint density at radius 3 is 3.08 bits per heavy atom. The van der Waals surface area contributed by atoms with Gasteiger partial charge in [0.25, 0.3) is 0 Å². The van der Waals surface area contributed by atoms with Crippen LogP contribution in [0.4, 0.5) is 0 Å². The second-order valence-electron chi connectivity index (χ2n) is 5.03. The molecule has 2 atom stereocenters. The van der Waals surface area contributed by atoms with Crippen LogP contribution in [0.3, 0.4) is 0 Å². The van der Waals surface area contributed by atoms with Crippen molar-refractivity contribution >= 4 is 5.78 Å². The van der Waals surface area contributed by atoms with E-state index in [-0.39, 0.29) is 0 Å². The summed E-state index contributed by atoms with van der Waals surface area (Å²) in [5.74, 6) is 1.32. The molecule has 0 radical (unpaired) electrons. The van der Waals surface area contributed by atoms with Gasteiger partial charge in [0.2, 0.25) is 0 Å². The zero-order valence-electron chi connectivity index (χ0n) is 8.23. The maximum absolute atomic E-state index is 11.7. The molecule has 2 saturated carbocycles. The molecule has 0 amide bonds. The van der Waals surface area contributed by atoms with Crippen molar-refractivity contribution in [2.24, 2.45) is 11.3 Å². The average Bonchev–Trinajstić information content (AvgIpc) is 2.65. The van der Waals surface area contributed by atoms with E-state index in [1.165, 1.54) is 43.3 Å². The lowest BCUT2D eigenvalue weighted by Gasteiger charge is -2.25. The van der Waals surface area contributed by atoms with E-state index in [0.717, 1.165) is 12.3 Å². The summed E-state index contributed by atoms with van der Waals surface area (Å²) in [5.41, 5.74) is 3.09. The smallest absolute Gasteiger partial charge is 0.159 e. The van der Waals surface area contributed by atoms with Crippen molar-refractivity contribution in [3.05, 3.63) is 11.1 Å². The van der Waals surface area contributed by atoms with Crippen molar-refractivity contribution in [3.63, 3.8) is 0 Å². The van der Waals surface area contributed by atoms with Crippen molar-refractivity contribution in [2.45, 2.75) is 45.4 Å². The van der Waals surface area contributed by atoms with Gasteiger partial charge in [-0.05, 0) is 38.5 Å². The first-order valence-corrected chi connectivity index (χ1v) is 5.47. The molecular formula is C12H16O. The van der Waals surface area contributed by atoms with Gasteiger partial charge in [-0.25, -0.2) is 0 Å². The number of Topliss-reactive ketones (excluding diaryl/α,β-unsaturated/α-hetero) is 1. The minimum atomic E-state index is 0.390. The molecular weight excluding hydrogens is 160 g/mol. The van der Waals surface area contributed by atoms with E-state index in [0.29, 0.717) is 11.2 Å². The predicted molar refractivity (Wildman–Crippen MR) is 51.3 cm³/mol. The third-order valence-corrected chi connectivity index (χ3v) is 4.51. The van der Waals surface area contributed by atoms with Gasteiger partial charge >= 0.3 is 0 Å². The van der Waals surface area contributed by atoms with Crippen LogP contribution in [0.1, 0.15) is 45.4 Å². The minimum absolute atomic E-state index is 0.390. The van der Waals surface area contributed by atoms with Crippen LogP contribution in [0.25, 0.3) is 0 Å². The largest absolute Gasteiger partial charge is 0.295 e. The molecule has 2 fully saturated rings. The van der Waals surface area contributed by atoms with Gasteiger partial charge in [-0.15, -0.1) is 0 Å². The molecule has 0 N–H and O–H groups in total. The summed E-state index contributed by atoms with van der Waals surface area (Å²) >= 11 is 0. The third-order valence-electron chi connectivity index (χ3n) is 4.51. The summed E-state index contributed by atoms with van der Waals surface area (Å²) < 4.78 is 0. The molecule has 0 saturated heterocycles. The fourth-order valence-corrected chi connectivity index (χ4v) is 4.10. The summed E-state index contributed by atoms with van der Waals surface area (Å²) in [7, 11) is 0. The Morgan fingerprint density at radius 2 is 2.23 bits per heavy atom. The van der Waals surface area contributed by atoms with Gasteiger partial charge in [0.15, 0.2) is 5.78 Å². The van der Waals surface area contributed by atoms with Crippen molar-refractivity contribution < 1.29 is 4.79 Å². The first kappa shape index (κ1) is 7.78. The maximum Gasteiger partial charge on any atom is 0.159 e. The molecule has 3 rings (SSSR count). The number of carbonyl (C=O) groups is 1. The van der Waals surface area contributed by atoms with Gasteiger partial charge in [0.1, 0.15) is 0 Å². The zero-order chi connectivity index (χ0) is 9.05. The molecule has 70 valence electrons. The van der Waals surface area contributed by atoms with Gasteiger partial charge in [-0.1, -0.05) is 12.0 Å². The van der Waals surface area contributed by atoms with Crippen LogP contribution >= 0.6 is 0 Å². The summed E-state index contributed by atoms with van der Waals surface area (Å²) in [5, 5.41) is 0. The van der Waals surface area contributed by atoms with Crippen LogP contribution in [0.5, 0.6) is 0 Å². The predicted octanol–water partition coefficient (Wildman–Crippen LogP) is 2.86. The van der Waals surface area contributed by atoms with E-state index < -0.39 is 0 Å². The molecule has 0 bridgehead atoms. The summed E-state index contributed by atoms with van der Waals surface area (Å²) in [6.45, 7) is 2.18. The van der Waals surface area contributed by atoms with E-state index in [4.69, 9.17) is 0 Å². The molecule has 0 aromatic rings. The molecule has 1 nitrogen and oxygen atoms in total. The van der Waals surface area contributed by atoms with Gasteiger partial charge in [0.05, 0.1) is 0 Å². The Kier molecular flexibility index (Phi) is 1.35. The number of rotatable bonds is 0. The summed E-state index contributed by atoms with van der Waals surface area (Å²) in [6.07, 6.45) is 7.26. The molecule has 3 aliphatic rings. The van der Waals surface area contributed by atoms with Gasteiger partial charge in [-0.2, -0.15) is 0 Å². The standard InChI is InChI=1S/C12H16O/c1-8-7-9-3-2-5-12(9)6-4-10(13)11(8)12/h9H,2-7H2,1H3/t9-,12+/m1/s1. The van der Waals surface area contributed by atoms with Gasteiger partial charge < -0.3 is 0 Å². The Morgan fingerprint density at radius 1 is 1.38 bits per heavy atom. The fourth-order valence-electron chi connectivity index (χ4n) is 4.10. The monoisotopic (exact) mass is 176 g/mol. The first-order chi connectivity index (χ1) is 6.24. The topological polar surface area (TPSA) is 17.1 Å². The van der Waals surface area contributed by atoms with Crippen molar-refractivity contribution in [1.82, 2.24) is 0 Å². The lowest BCUT2D eigenvalue weighted by atomic mass is 9.77. The first-order valence-electron chi connectivity index (χ1n) is 5.47. The van der Waals surface area contributed by atoms with E-state index >= 15 is 0 Å². The Bertz CT molecular complexity index is 313.